The number of carboxylic acid groups (broad SMARTS) is 1. The van der Waals surface area contributed by atoms with Crippen LogP contribution in [0, 0.1) is 22.7 Å². The molecule has 122 valence electrons. The number of rotatable bonds is 4. The number of hydrogen-bond acceptors (Lipinski definition) is 1. The van der Waals surface area contributed by atoms with E-state index in [1.807, 2.05) is 13.0 Å². The molecule has 2 rings (SSSR count). The first-order valence-electron chi connectivity index (χ1n) is 8.46. The van der Waals surface area contributed by atoms with Gasteiger partial charge in [0.05, 0.1) is 5.41 Å². The van der Waals surface area contributed by atoms with Gasteiger partial charge in [0, 0.05) is 0 Å². The predicted octanol–water partition coefficient (Wildman–Crippen LogP) is 5.37. The van der Waals surface area contributed by atoms with Crippen LogP contribution in [-0.4, -0.2) is 11.1 Å². The van der Waals surface area contributed by atoms with E-state index in [1.54, 1.807) is 0 Å². The zero-order valence-electron chi connectivity index (χ0n) is 14.3. The van der Waals surface area contributed by atoms with Crippen LogP contribution in [0.1, 0.15) is 59.3 Å². The minimum absolute atomic E-state index is 0.0542. The summed E-state index contributed by atoms with van der Waals surface area (Å²) in [4.78, 5) is 11.9. The van der Waals surface area contributed by atoms with Crippen molar-refractivity contribution < 1.29 is 9.90 Å². The maximum absolute atomic E-state index is 11.9. The Hall–Kier alpha value is -1.31. The van der Waals surface area contributed by atoms with Crippen molar-refractivity contribution >= 4 is 5.97 Å². The molecule has 1 N–H and O–H groups in total. The van der Waals surface area contributed by atoms with Crippen LogP contribution in [0.2, 0.25) is 0 Å². The molecule has 0 radical (unpaired) electrons. The van der Waals surface area contributed by atoms with Crippen molar-refractivity contribution in [3.8, 4) is 0 Å². The van der Waals surface area contributed by atoms with Crippen LogP contribution in [-0.2, 0) is 4.79 Å². The minimum Gasteiger partial charge on any atom is -0.481 e. The molecule has 22 heavy (non-hydrogen) atoms. The number of fused-ring (bicyclic) bond motifs is 1. The van der Waals surface area contributed by atoms with E-state index in [0.717, 1.165) is 38.5 Å². The molecule has 2 heteroatoms. The van der Waals surface area contributed by atoms with E-state index in [4.69, 9.17) is 0 Å². The van der Waals surface area contributed by atoms with Crippen molar-refractivity contribution in [1.82, 2.24) is 0 Å². The summed E-state index contributed by atoms with van der Waals surface area (Å²) in [5, 5.41) is 9.81. The second kappa shape index (κ2) is 6.06. The molecule has 0 heterocycles. The largest absolute Gasteiger partial charge is 0.481 e. The molecule has 0 saturated heterocycles. The van der Waals surface area contributed by atoms with E-state index < -0.39 is 11.4 Å². The number of carboxylic acids is 1. The third-order valence-corrected chi connectivity index (χ3v) is 6.51. The third kappa shape index (κ3) is 2.68. The highest BCUT2D eigenvalue weighted by Gasteiger charge is 2.57. The summed E-state index contributed by atoms with van der Waals surface area (Å²) in [5.41, 5.74) is 1.97. The third-order valence-electron chi connectivity index (χ3n) is 6.51. The molecule has 2 aliphatic carbocycles. The lowest BCUT2D eigenvalue weighted by Gasteiger charge is -2.57. The average Bonchev–Trinajstić information content (AvgIpc) is 2.45. The topological polar surface area (TPSA) is 37.3 Å². The van der Waals surface area contributed by atoms with Crippen molar-refractivity contribution in [2.24, 2.45) is 22.7 Å². The molecule has 0 spiro atoms. The lowest BCUT2D eigenvalue weighted by molar-refractivity contribution is -0.164. The fourth-order valence-electron chi connectivity index (χ4n) is 5.03. The van der Waals surface area contributed by atoms with Crippen LogP contribution in [0.25, 0.3) is 0 Å². The average molecular weight is 302 g/mol. The first kappa shape index (κ1) is 17.1. The molecule has 0 aliphatic heterocycles. The van der Waals surface area contributed by atoms with Crippen LogP contribution in [0.4, 0.5) is 0 Å². The van der Waals surface area contributed by atoms with Gasteiger partial charge < -0.3 is 5.11 Å². The van der Waals surface area contributed by atoms with Gasteiger partial charge in [0.25, 0.3) is 0 Å². The van der Waals surface area contributed by atoms with Crippen molar-refractivity contribution in [3.05, 3.63) is 36.5 Å². The summed E-state index contributed by atoms with van der Waals surface area (Å²) >= 11 is 0. The maximum Gasteiger partial charge on any atom is 0.309 e. The summed E-state index contributed by atoms with van der Waals surface area (Å²) in [6.45, 7) is 14.5. The molecule has 4 atom stereocenters. The molecule has 0 aromatic rings. The molecule has 1 unspecified atom stereocenters. The molecule has 2 fully saturated rings. The molecule has 0 aromatic heterocycles. The van der Waals surface area contributed by atoms with Gasteiger partial charge in [-0.3, -0.25) is 4.79 Å². The van der Waals surface area contributed by atoms with Crippen LogP contribution < -0.4 is 0 Å². The number of allylic oxidation sites excluding steroid dienone is 4. The standard InChI is InChI=1S/C20H30O2/c1-6-14(2)8-10-16-15(3)9-11-17-19(16,4)12-7-13-20(17,5)18(21)22/h6,8,16-17H,1,3,7,9-13H2,2,4-5H3,(H,21,22)/b14-8-/t16-,17+,19+,20?/m0/s1. The zero-order chi connectivity index (χ0) is 16.5. The van der Waals surface area contributed by atoms with E-state index in [1.165, 1.54) is 11.1 Å². The zero-order valence-corrected chi connectivity index (χ0v) is 14.3. The van der Waals surface area contributed by atoms with E-state index in [2.05, 4.69) is 33.1 Å². The molecular weight excluding hydrogens is 272 g/mol. The Balaban J connectivity index is 2.36. The van der Waals surface area contributed by atoms with Crippen LogP contribution in [0.3, 0.4) is 0 Å². The second-order valence-electron chi connectivity index (χ2n) is 7.77. The second-order valence-corrected chi connectivity index (χ2v) is 7.77. The predicted molar refractivity (Wildman–Crippen MR) is 91.6 cm³/mol. The normalized spacial score (nSPS) is 39.2. The number of carbonyl (C=O) groups is 1. The lowest BCUT2D eigenvalue weighted by atomic mass is 9.46. The van der Waals surface area contributed by atoms with Crippen molar-refractivity contribution in [3.63, 3.8) is 0 Å². The Kier molecular flexibility index (Phi) is 4.70. The van der Waals surface area contributed by atoms with E-state index >= 15 is 0 Å². The fourth-order valence-corrected chi connectivity index (χ4v) is 5.03. The van der Waals surface area contributed by atoms with Gasteiger partial charge in [0.2, 0.25) is 0 Å². The van der Waals surface area contributed by atoms with Crippen molar-refractivity contribution in [1.29, 1.82) is 0 Å². The Morgan fingerprint density at radius 1 is 1.41 bits per heavy atom. The summed E-state index contributed by atoms with van der Waals surface area (Å²) in [7, 11) is 0. The molecule has 2 aliphatic rings. The Morgan fingerprint density at radius 2 is 2.09 bits per heavy atom. The van der Waals surface area contributed by atoms with Crippen molar-refractivity contribution in [2.45, 2.75) is 59.3 Å². The molecule has 0 amide bonds. The SMILES string of the molecule is C=C/C(C)=C\C[C@H]1C(=C)CC[C@H]2C(C)(C(=O)O)CCC[C@]12C. The van der Waals surface area contributed by atoms with Gasteiger partial charge in [0.1, 0.15) is 0 Å². The highest BCUT2D eigenvalue weighted by molar-refractivity contribution is 5.75. The van der Waals surface area contributed by atoms with E-state index in [0.29, 0.717) is 5.92 Å². The van der Waals surface area contributed by atoms with Crippen LogP contribution >= 0.6 is 0 Å². The Bertz CT molecular complexity index is 516. The summed E-state index contributed by atoms with van der Waals surface area (Å²) < 4.78 is 0. The molecule has 0 aromatic carbocycles. The van der Waals surface area contributed by atoms with E-state index in [-0.39, 0.29) is 11.3 Å². The van der Waals surface area contributed by atoms with Gasteiger partial charge in [-0.2, -0.15) is 0 Å². The molecule has 2 saturated carbocycles. The summed E-state index contributed by atoms with van der Waals surface area (Å²) in [6, 6.07) is 0. The van der Waals surface area contributed by atoms with Crippen LogP contribution in [0.5, 0.6) is 0 Å². The van der Waals surface area contributed by atoms with Gasteiger partial charge in [0.15, 0.2) is 0 Å². The first-order valence-corrected chi connectivity index (χ1v) is 8.46. The van der Waals surface area contributed by atoms with Crippen LogP contribution in [0.15, 0.2) is 36.5 Å². The number of aliphatic carboxylic acids is 1. The van der Waals surface area contributed by atoms with Gasteiger partial charge in [-0.05, 0) is 63.2 Å². The van der Waals surface area contributed by atoms with Gasteiger partial charge in [-0.1, -0.05) is 49.8 Å². The summed E-state index contributed by atoms with van der Waals surface area (Å²) in [5.74, 6) is 0.0202. The van der Waals surface area contributed by atoms with Gasteiger partial charge in [-0.25, -0.2) is 0 Å². The quantitative estimate of drug-likeness (QED) is 0.559. The van der Waals surface area contributed by atoms with Gasteiger partial charge >= 0.3 is 5.97 Å². The fraction of sp³-hybridized carbons (Fsp3) is 0.650. The smallest absolute Gasteiger partial charge is 0.309 e. The molecule has 2 nitrogen and oxygen atoms in total. The molecular formula is C20H30O2. The Morgan fingerprint density at radius 3 is 2.68 bits per heavy atom. The maximum atomic E-state index is 11.9. The van der Waals surface area contributed by atoms with E-state index in [9.17, 15) is 9.90 Å². The first-order chi connectivity index (χ1) is 10.3. The highest BCUT2D eigenvalue weighted by Crippen LogP contribution is 2.61. The van der Waals surface area contributed by atoms with Crippen molar-refractivity contribution in [2.75, 3.05) is 0 Å². The Labute approximate surface area is 135 Å². The lowest BCUT2D eigenvalue weighted by Crippen LogP contribution is -2.53. The number of hydrogen-bond donors (Lipinski definition) is 1. The monoisotopic (exact) mass is 302 g/mol. The highest BCUT2D eigenvalue weighted by atomic mass is 16.4. The van der Waals surface area contributed by atoms with Gasteiger partial charge in [-0.15, -0.1) is 0 Å². The molecule has 0 bridgehead atoms. The summed E-state index contributed by atoms with van der Waals surface area (Å²) in [6.07, 6.45) is 9.95. The minimum atomic E-state index is -0.618.